The van der Waals surface area contributed by atoms with Crippen molar-refractivity contribution in [2.45, 2.75) is 26.1 Å². The zero-order valence-electron chi connectivity index (χ0n) is 11.8. The molecule has 2 atom stereocenters. The van der Waals surface area contributed by atoms with E-state index < -0.39 is 0 Å². The molecule has 1 aliphatic rings. The summed E-state index contributed by atoms with van der Waals surface area (Å²) in [6.45, 7) is 7.34. The summed E-state index contributed by atoms with van der Waals surface area (Å²) in [7, 11) is 0. The van der Waals surface area contributed by atoms with E-state index >= 15 is 0 Å². The summed E-state index contributed by atoms with van der Waals surface area (Å²) in [6, 6.07) is 5.07. The molecule has 0 spiro atoms. The van der Waals surface area contributed by atoms with Gasteiger partial charge in [0.2, 0.25) is 0 Å². The Morgan fingerprint density at radius 3 is 2.75 bits per heavy atom. The number of morpholine rings is 1. The maximum absolute atomic E-state index is 11.0. The predicted octanol–water partition coefficient (Wildman–Crippen LogP) is 2.64. The van der Waals surface area contributed by atoms with E-state index in [4.69, 9.17) is 21.1 Å². The molecule has 5 heteroatoms. The van der Waals surface area contributed by atoms with Crippen molar-refractivity contribution < 1.29 is 14.3 Å². The standard InChI is InChI=1S/C15H20ClNO3/c1-11-8-17(9-12(2)20-11)5-6-19-15-4-3-14(16)7-13(15)10-18/h3-4,7,10-12H,5-6,8-9H2,1-2H3/t11-,12-/m0/s1. The summed E-state index contributed by atoms with van der Waals surface area (Å²) in [4.78, 5) is 13.3. The second-order valence-corrected chi connectivity index (χ2v) is 5.60. The van der Waals surface area contributed by atoms with Crippen LogP contribution in [0.4, 0.5) is 0 Å². The average molecular weight is 298 g/mol. The first kappa shape index (κ1) is 15.3. The van der Waals surface area contributed by atoms with Crippen LogP contribution in [0.15, 0.2) is 18.2 Å². The highest BCUT2D eigenvalue weighted by atomic mass is 35.5. The minimum Gasteiger partial charge on any atom is -0.492 e. The number of rotatable bonds is 5. The zero-order valence-corrected chi connectivity index (χ0v) is 12.6. The lowest BCUT2D eigenvalue weighted by molar-refractivity contribution is -0.0699. The largest absolute Gasteiger partial charge is 0.492 e. The molecule has 0 bridgehead atoms. The van der Waals surface area contributed by atoms with E-state index in [-0.39, 0.29) is 12.2 Å². The summed E-state index contributed by atoms with van der Waals surface area (Å²) < 4.78 is 11.4. The number of hydrogen-bond acceptors (Lipinski definition) is 4. The molecule has 0 N–H and O–H groups in total. The van der Waals surface area contributed by atoms with Gasteiger partial charge in [0, 0.05) is 24.7 Å². The number of ether oxygens (including phenoxy) is 2. The lowest BCUT2D eigenvalue weighted by Crippen LogP contribution is -2.46. The lowest BCUT2D eigenvalue weighted by Gasteiger charge is -2.35. The Balaban J connectivity index is 1.85. The lowest BCUT2D eigenvalue weighted by atomic mass is 10.2. The molecule has 0 amide bonds. The molecule has 110 valence electrons. The molecule has 1 aliphatic heterocycles. The quantitative estimate of drug-likeness (QED) is 0.783. The van der Waals surface area contributed by atoms with E-state index in [1.54, 1.807) is 18.2 Å². The molecule has 1 fully saturated rings. The molecule has 0 saturated carbocycles. The Labute approximate surface area is 124 Å². The third-order valence-electron chi connectivity index (χ3n) is 3.26. The number of benzene rings is 1. The van der Waals surface area contributed by atoms with Crippen LogP contribution in [0.3, 0.4) is 0 Å². The van der Waals surface area contributed by atoms with Gasteiger partial charge in [0.15, 0.2) is 6.29 Å². The molecule has 20 heavy (non-hydrogen) atoms. The van der Waals surface area contributed by atoms with E-state index in [9.17, 15) is 4.79 Å². The molecular formula is C15H20ClNO3. The highest BCUT2D eigenvalue weighted by Gasteiger charge is 2.21. The molecule has 0 aliphatic carbocycles. The monoisotopic (exact) mass is 297 g/mol. The number of nitrogens with zero attached hydrogens (tertiary/aromatic N) is 1. The second kappa shape index (κ2) is 7.07. The van der Waals surface area contributed by atoms with Crippen LogP contribution in [0.2, 0.25) is 5.02 Å². The Morgan fingerprint density at radius 2 is 2.10 bits per heavy atom. The van der Waals surface area contributed by atoms with E-state index in [0.717, 1.165) is 25.9 Å². The van der Waals surface area contributed by atoms with Crippen molar-refractivity contribution in [1.82, 2.24) is 4.90 Å². The van der Waals surface area contributed by atoms with Crippen molar-refractivity contribution in [3.05, 3.63) is 28.8 Å². The van der Waals surface area contributed by atoms with Crippen molar-refractivity contribution in [3.63, 3.8) is 0 Å². The fourth-order valence-corrected chi connectivity index (χ4v) is 2.68. The average Bonchev–Trinajstić information content (AvgIpc) is 2.39. The van der Waals surface area contributed by atoms with Gasteiger partial charge in [0.25, 0.3) is 0 Å². The molecule has 0 radical (unpaired) electrons. The first-order valence-electron chi connectivity index (χ1n) is 6.84. The van der Waals surface area contributed by atoms with Crippen LogP contribution in [-0.2, 0) is 4.74 Å². The third kappa shape index (κ3) is 4.20. The number of carbonyl (C=O) groups excluding carboxylic acids is 1. The van der Waals surface area contributed by atoms with E-state index in [0.29, 0.717) is 22.9 Å². The van der Waals surface area contributed by atoms with Crippen LogP contribution in [0.5, 0.6) is 5.75 Å². The van der Waals surface area contributed by atoms with Gasteiger partial charge in [-0.15, -0.1) is 0 Å². The zero-order chi connectivity index (χ0) is 14.5. The Kier molecular flexibility index (Phi) is 5.40. The van der Waals surface area contributed by atoms with Gasteiger partial charge in [-0.05, 0) is 32.0 Å². The van der Waals surface area contributed by atoms with Gasteiger partial charge in [-0.1, -0.05) is 11.6 Å². The van der Waals surface area contributed by atoms with Crippen molar-refractivity contribution >= 4 is 17.9 Å². The molecular weight excluding hydrogens is 278 g/mol. The fraction of sp³-hybridized carbons (Fsp3) is 0.533. The van der Waals surface area contributed by atoms with Gasteiger partial charge in [-0.25, -0.2) is 0 Å². The Hall–Kier alpha value is -1.10. The number of aldehydes is 1. The third-order valence-corrected chi connectivity index (χ3v) is 3.49. The number of halogens is 1. The molecule has 4 nitrogen and oxygen atoms in total. The van der Waals surface area contributed by atoms with Crippen molar-refractivity contribution in [3.8, 4) is 5.75 Å². The SMILES string of the molecule is C[C@H]1CN(CCOc2ccc(Cl)cc2C=O)C[C@H](C)O1. The summed E-state index contributed by atoms with van der Waals surface area (Å²) in [5.41, 5.74) is 0.487. The highest BCUT2D eigenvalue weighted by molar-refractivity contribution is 6.30. The summed E-state index contributed by atoms with van der Waals surface area (Å²) in [6.07, 6.45) is 1.26. The first-order valence-corrected chi connectivity index (χ1v) is 7.21. The minimum absolute atomic E-state index is 0.250. The van der Waals surface area contributed by atoms with Crippen LogP contribution >= 0.6 is 11.6 Å². The van der Waals surface area contributed by atoms with E-state index in [2.05, 4.69) is 18.7 Å². The molecule has 1 saturated heterocycles. The van der Waals surface area contributed by atoms with Crippen molar-refractivity contribution in [1.29, 1.82) is 0 Å². The summed E-state index contributed by atoms with van der Waals surface area (Å²) in [5.74, 6) is 0.582. The van der Waals surface area contributed by atoms with Crippen LogP contribution in [0.25, 0.3) is 0 Å². The van der Waals surface area contributed by atoms with Crippen LogP contribution in [0.1, 0.15) is 24.2 Å². The Bertz CT molecular complexity index is 456. The first-order chi connectivity index (χ1) is 9.58. The van der Waals surface area contributed by atoms with Gasteiger partial charge in [0.1, 0.15) is 12.4 Å². The molecule has 1 aromatic carbocycles. The molecule has 0 aromatic heterocycles. The Morgan fingerprint density at radius 1 is 1.40 bits per heavy atom. The summed E-state index contributed by atoms with van der Waals surface area (Å²) >= 11 is 5.85. The maximum atomic E-state index is 11.0. The summed E-state index contributed by atoms with van der Waals surface area (Å²) in [5, 5.41) is 0.537. The normalized spacial score (nSPS) is 23.6. The maximum Gasteiger partial charge on any atom is 0.153 e. The van der Waals surface area contributed by atoms with Crippen LogP contribution < -0.4 is 4.74 Å². The minimum atomic E-state index is 0.250. The van der Waals surface area contributed by atoms with Crippen LogP contribution in [-0.4, -0.2) is 49.6 Å². The predicted molar refractivity (Wildman–Crippen MR) is 78.8 cm³/mol. The topological polar surface area (TPSA) is 38.8 Å². The van der Waals surface area contributed by atoms with Gasteiger partial charge >= 0.3 is 0 Å². The molecule has 1 heterocycles. The second-order valence-electron chi connectivity index (χ2n) is 5.17. The molecule has 2 rings (SSSR count). The fourth-order valence-electron chi connectivity index (χ4n) is 2.49. The molecule has 1 aromatic rings. The van der Waals surface area contributed by atoms with Crippen LogP contribution in [0, 0.1) is 0 Å². The smallest absolute Gasteiger partial charge is 0.153 e. The van der Waals surface area contributed by atoms with Gasteiger partial charge in [-0.3, -0.25) is 9.69 Å². The van der Waals surface area contributed by atoms with Crippen molar-refractivity contribution in [2.75, 3.05) is 26.2 Å². The van der Waals surface area contributed by atoms with Gasteiger partial charge < -0.3 is 9.47 Å². The molecule has 0 unspecified atom stereocenters. The van der Waals surface area contributed by atoms with E-state index in [1.807, 2.05) is 0 Å². The van der Waals surface area contributed by atoms with E-state index in [1.165, 1.54) is 0 Å². The number of carbonyl (C=O) groups is 1. The number of hydrogen-bond donors (Lipinski definition) is 0. The van der Waals surface area contributed by atoms with Crippen molar-refractivity contribution in [2.24, 2.45) is 0 Å². The van der Waals surface area contributed by atoms with Gasteiger partial charge in [-0.2, -0.15) is 0 Å². The van der Waals surface area contributed by atoms with Gasteiger partial charge in [0.05, 0.1) is 17.8 Å². The highest BCUT2D eigenvalue weighted by Crippen LogP contribution is 2.21.